The third kappa shape index (κ3) is 5.70. The van der Waals surface area contributed by atoms with E-state index in [9.17, 15) is 13.6 Å². The number of nitrogens with two attached hydrogens (primary N) is 1. The van der Waals surface area contributed by atoms with Crippen molar-refractivity contribution in [3.05, 3.63) is 42.2 Å². The molecule has 0 saturated carbocycles. The lowest BCUT2D eigenvalue weighted by molar-refractivity contribution is -0.139. The monoisotopic (exact) mass is 569 g/mol. The number of nitrogen functional groups attached to an aromatic ring is 1. The molecule has 3 N–H and O–H groups in total. The van der Waals surface area contributed by atoms with Crippen molar-refractivity contribution in [1.82, 2.24) is 29.5 Å². The van der Waals surface area contributed by atoms with Gasteiger partial charge in [-0.2, -0.15) is 19.5 Å². The molecule has 5 heterocycles. The van der Waals surface area contributed by atoms with Gasteiger partial charge < -0.3 is 29.8 Å². The fraction of sp³-hybridized carbons (Fsp3) is 0.423. The summed E-state index contributed by atoms with van der Waals surface area (Å²) in [5.41, 5.74) is 6.39. The van der Waals surface area contributed by atoms with Gasteiger partial charge in [0.2, 0.25) is 17.7 Å². The summed E-state index contributed by atoms with van der Waals surface area (Å²) in [5.74, 6) is -0.836. The van der Waals surface area contributed by atoms with Crippen LogP contribution < -0.4 is 20.3 Å². The van der Waals surface area contributed by atoms with Gasteiger partial charge in [-0.15, -0.1) is 5.10 Å². The van der Waals surface area contributed by atoms with Crippen LogP contribution in [0.1, 0.15) is 12.8 Å². The van der Waals surface area contributed by atoms with E-state index in [1.54, 1.807) is 18.4 Å². The number of hydrogen-bond donors (Lipinski definition) is 2. The number of rotatable bonds is 8. The number of aliphatic carboxylic acids is 1. The van der Waals surface area contributed by atoms with E-state index < -0.39 is 24.2 Å². The van der Waals surface area contributed by atoms with E-state index in [0.717, 1.165) is 38.5 Å². The Bertz CT molecular complexity index is 1540. The standard InChI is InChI=1S/C26H29F2N9O4/c27-17-11-18(28)21(41-15-22(38)39)12-19(17)35-8-6-34(7-9-35)13-16-3-1-5-36(14-16)25-31-24(29)37-26(32-25)30-23(33-37)20-4-2-10-40-20/h2,4,10-12,16H,1,3,5-9,13-15H2,(H,38,39)(H2,29,30,31,32,33). The number of ether oxygens (including phenoxy) is 1. The zero-order valence-electron chi connectivity index (χ0n) is 22.1. The molecular formula is C26H29F2N9O4. The number of halogens is 2. The largest absolute Gasteiger partial charge is 0.479 e. The van der Waals surface area contributed by atoms with Crippen LogP contribution in [0.2, 0.25) is 0 Å². The summed E-state index contributed by atoms with van der Waals surface area (Å²) < 4.78 is 40.4. The first kappa shape index (κ1) is 26.7. The molecule has 216 valence electrons. The first-order valence-electron chi connectivity index (χ1n) is 13.3. The van der Waals surface area contributed by atoms with Crippen molar-refractivity contribution in [2.45, 2.75) is 12.8 Å². The molecule has 15 heteroatoms. The SMILES string of the molecule is Nc1nc(N2CCCC(CN3CCN(c4cc(OCC(=O)O)c(F)cc4F)CC3)C2)nc2nc(-c3ccco3)nn12. The summed E-state index contributed by atoms with van der Waals surface area (Å²) in [4.78, 5) is 30.6. The minimum Gasteiger partial charge on any atom is -0.479 e. The van der Waals surface area contributed by atoms with Crippen LogP contribution in [-0.2, 0) is 4.79 Å². The number of fused-ring (bicyclic) bond motifs is 1. The van der Waals surface area contributed by atoms with Crippen molar-refractivity contribution in [3.63, 3.8) is 0 Å². The maximum Gasteiger partial charge on any atom is 0.341 e. The molecule has 0 aliphatic carbocycles. The molecule has 1 unspecified atom stereocenters. The van der Waals surface area contributed by atoms with Crippen LogP contribution in [0, 0.1) is 17.6 Å². The summed E-state index contributed by atoms with van der Waals surface area (Å²) >= 11 is 0. The van der Waals surface area contributed by atoms with Gasteiger partial charge in [0.25, 0.3) is 5.78 Å². The second kappa shape index (κ2) is 11.2. The van der Waals surface area contributed by atoms with Crippen molar-refractivity contribution in [1.29, 1.82) is 0 Å². The Morgan fingerprint density at radius 2 is 1.93 bits per heavy atom. The third-order valence-corrected chi connectivity index (χ3v) is 7.35. The predicted octanol–water partition coefficient (Wildman–Crippen LogP) is 2.14. The fourth-order valence-corrected chi connectivity index (χ4v) is 5.39. The molecule has 2 saturated heterocycles. The normalized spacial score (nSPS) is 18.2. The quantitative estimate of drug-likeness (QED) is 0.320. The molecule has 2 aliphatic heterocycles. The maximum atomic E-state index is 14.6. The fourth-order valence-electron chi connectivity index (χ4n) is 5.39. The molecule has 1 aromatic carbocycles. The van der Waals surface area contributed by atoms with E-state index in [-0.39, 0.29) is 17.4 Å². The highest BCUT2D eigenvalue weighted by atomic mass is 19.1. The Labute approximate surface area is 233 Å². The minimum absolute atomic E-state index is 0.193. The number of piperidine rings is 1. The average molecular weight is 570 g/mol. The van der Waals surface area contributed by atoms with Gasteiger partial charge in [0.1, 0.15) is 5.82 Å². The minimum atomic E-state index is -1.24. The number of furan rings is 1. The van der Waals surface area contributed by atoms with Gasteiger partial charge in [-0.25, -0.2) is 13.6 Å². The van der Waals surface area contributed by atoms with Crippen LogP contribution in [0.4, 0.5) is 26.4 Å². The van der Waals surface area contributed by atoms with E-state index in [2.05, 4.69) is 29.9 Å². The Morgan fingerprint density at radius 3 is 2.68 bits per heavy atom. The number of carboxylic acid groups (broad SMARTS) is 1. The Hall–Kier alpha value is -4.53. The Balaban J connectivity index is 1.08. The molecule has 6 rings (SSSR count). The zero-order valence-corrected chi connectivity index (χ0v) is 22.1. The molecule has 2 aliphatic rings. The second-order valence-corrected chi connectivity index (χ2v) is 10.2. The van der Waals surface area contributed by atoms with Gasteiger partial charge in [-0.1, -0.05) is 0 Å². The van der Waals surface area contributed by atoms with Crippen LogP contribution >= 0.6 is 0 Å². The van der Waals surface area contributed by atoms with Crippen molar-refractivity contribution < 1.29 is 27.8 Å². The van der Waals surface area contributed by atoms with E-state index in [1.165, 1.54) is 10.6 Å². The van der Waals surface area contributed by atoms with Gasteiger partial charge in [-0.05, 0) is 30.9 Å². The molecular weight excluding hydrogens is 540 g/mol. The van der Waals surface area contributed by atoms with Crippen LogP contribution in [0.5, 0.6) is 5.75 Å². The van der Waals surface area contributed by atoms with E-state index in [4.69, 9.17) is 20.0 Å². The summed E-state index contributed by atoms with van der Waals surface area (Å²) in [7, 11) is 0. The molecule has 4 aromatic rings. The smallest absolute Gasteiger partial charge is 0.341 e. The Morgan fingerprint density at radius 1 is 1.10 bits per heavy atom. The lowest BCUT2D eigenvalue weighted by Crippen LogP contribution is -2.50. The molecule has 0 radical (unpaired) electrons. The number of hydrogen-bond acceptors (Lipinski definition) is 11. The molecule has 2 fully saturated rings. The van der Waals surface area contributed by atoms with Gasteiger partial charge in [-0.3, -0.25) is 4.90 Å². The summed E-state index contributed by atoms with van der Waals surface area (Å²) in [6.07, 6.45) is 3.58. The molecule has 0 spiro atoms. The summed E-state index contributed by atoms with van der Waals surface area (Å²) in [6, 6.07) is 5.49. The highest BCUT2D eigenvalue weighted by Crippen LogP contribution is 2.30. The van der Waals surface area contributed by atoms with Crippen molar-refractivity contribution >= 4 is 29.3 Å². The predicted molar refractivity (Wildman–Crippen MR) is 144 cm³/mol. The number of anilines is 3. The molecule has 0 bridgehead atoms. The number of nitrogens with zero attached hydrogens (tertiary/aromatic N) is 8. The number of aromatic nitrogens is 5. The topological polar surface area (TPSA) is 151 Å². The van der Waals surface area contributed by atoms with Crippen LogP contribution in [0.25, 0.3) is 17.4 Å². The molecule has 3 aromatic heterocycles. The van der Waals surface area contributed by atoms with Crippen molar-refractivity contribution in [2.75, 3.05) is 68.0 Å². The first-order valence-corrected chi connectivity index (χ1v) is 13.3. The number of piperazine rings is 1. The highest BCUT2D eigenvalue weighted by molar-refractivity contribution is 5.68. The number of benzene rings is 1. The summed E-state index contributed by atoms with van der Waals surface area (Å²) in [5, 5.41) is 13.2. The van der Waals surface area contributed by atoms with Gasteiger partial charge in [0.05, 0.1) is 12.0 Å². The van der Waals surface area contributed by atoms with Crippen molar-refractivity contribution in [2.24, 2.45) is 5.92 Å². The first-order chi connectivity index (χ1) is 19.8. The average Bonchev–Trinajstić information content (AvgIpc) is 3.64. The summed E-state index contributed by atoms with van der Waals surface area (Å²) in [6.45, 7) is 4.18. The number of carbonyl (C=O) groups is 1. The van der Waals surface area contributed by atoms with Crippen LogP contribution in [0.3, 0.4) is 0 Å². The Kier molecular flexibility index (Phi) is 7.26. The third-order valence-electron chi connectivity index (χ3n) is 7.35. The maximum absolute atomic E-state index is 14.6. The van der Waals surface area contributed by atoms with E-state index in [1.807, 2.05) is 4.90 Å². The van der Waals surface area contributed by atoms with E-state index in [0.29, 0.717) is 55.4 Å². The lowest BCUT2D eigenvalue weighted by Gasteiger charge is -2.40. The molecule has 41 heavy (non-hydrogen) atoms. The highest BCUT2D eigenvalue weighted by Gasteiger charge is 2.28. The lowest BCUT2D eigenvalue weighted by atomic mass is 9.97. The van der Waals surface area contributed by atoms with E-state index >= 15 is 0 Å². The molecule has 1 atom stereocenters. The number of carboxylic acids is 1. The van der Waals surface area contributed by atoms with Crippen LogP contribution in [-0.4, -0.2) is 93.0 Å². The van der Waals surface area contributed by atoms with Gasteiger partial charge in [0.15, 0.2) is 23.9 Å². The zero-order chi connectivity index (χ0) is 28.5. The van der Waals surface area contributed by atoms with Crippen molar-refractivity contribution in [3.8, 4) is 17.3 Å². The second-order valence-electron chi connectivity index (χ2n) is 10.2. The molecule has 13 nitrogen and oxygen atoms in total. The van der Waals surface area contributed by atoms with Gasteiger partial charge >= 0.3 is 5.97 Å². The van der Waals surface area contributed by atoms with Gasteiger partial charge in [0, 0.05) is 57.9 Å². The molecule has 0 amide bonds. The van der Waals surface area contributed by atoms with Crippen LogP contribution in [0.15, 0.2) is 34.9 Å².